The minimum atomic E-state index is -0.504. The largest absolute Gasteiger partial charge is 0.463 e. The first-order chi connectivity index (χ1) is 15.0. The highest BCUT2D eigenvalue weighted by atomic mass is 16.5. The van der Waals surface area contributed by atoms with Crippen LogP contribution in [0.4, 0.5) is 0 Å². The Bertz CT molecular complexity index is 1300. The molecule has 31 heavy (non-hydrogen) atoms. The Labute approximate surface area is 180 Å². The summed E-state index contributed by atoms with van der Waals surface area (Å²) in [7, 11) is 0. The van der Waals surface area contributed by atoms with E-state index in [1.54, 1.807) is 24.3 Å². The molecule has 0 spiro atoms. The van der Waals surface area contributed by atoms with Crippen molar-refractivity contribution in [3.8, 4) is 16.9 Å². The monoisotopic (exact) mass is 410 g/mol. The van der Waals surface area contributed by atoms with E-state index in [1.165, 1.54) is 17.9 Å². The van der Waals surface area contributed by atoms with Gasteiger partial charge in [0.1, 0.15) is 17.6 Å². The van der Waals surface area contributed by atoms with Gasteiger partial charge in [0.25, 0.3) is 0 Å². The zero-order valence-electron chi connectivity index (χ0n) is 17.4. The summed E-state index contributed by atoms with van der Waals surface area (Å²) < 4.78 is 11.0. The molecule has 4 rings (SSSR count). The van der Waals surface area contributed by atoms with Gasteiger partial charge < -0.3 is 9.15 Å². The molecular weight excluding hydrogens is 388 g/mol. The molecule has 0 fully saturated rings. The van der Waals surface area contributed by atoms with Crippen molar-refractivity contribution in [2.75, 3.05) is 0 Å². The van der Waals surface area contributed by atoms with E-state index in [2.05, 4.69) is 13.8 Å². The van der Waals surface area contributed by atoms with Crippen molar-refractivity contribution in [3.05, 3.63) is 106 Å². The average Bonchev–Trinajstić information content (AvgIpc) is 2.79. The molecule has 0 aliphatic heterocycles. The molecular formula is C27H22O4. The van der Waals surface area contributed by atoms with Gasteiger partial charge in [-0.05, 0) is 40.8 Å². The van der Waals surface area contributed by atoms with Crippen LogP contribution in [-0.2, 0) is 4.79 Å². The van der Waals surface area contributed by atoms with Crippen molar-refractivity contribution in [2.45, 2.75) is 19.8 Å². The molecule has 3 aromatic carbocycles. The second-order valence-corrected chi connectivity index (χ2v) is 7.58. The average molecular weight is 410 g/mol. The molecule has 0 saturated carbocycles. The minimum absolute atomic E-state index is 0.130. The maximum Gasteiger partial charge on any atom is 0.336 e. The Balaban J connectivity index is 1.51. The molecule has 4 nitrogen and oxygen atoms in total. The van der Waals surface area contributed by atoms with Gasteiger partial charge in [0.15, 0.2) is 5.43 Å². The van der Waals surface area contributed by atoms with Gasteiger partial charge in [0.2, 0.25) is 0 Å². The Kier molecular flexibility index (Phi) is 5.80. The zero-order chi connectivity index (χ0) is 21.8. The van der Waals surface area contributed by atoms with Gasteiger partial charge in [0.05, 0.1) is 10.9 Å². The van der Waals surface area contributed by atoms with Gasteiger partial charge in [-0.1, -0.05) is 68.4 Å². The summed E-state index contributed by atoms with van der Waals surface area (Å²) in [6, 6.07) is 22.1. The minimum Gasteiger partial charge on any atom is -0.463 e. The molecule has 0 aliphatic carbocycles. The topological polar surface area (TPSA) is 56.5 Å². The van der Waals surface area contributed by atoms with Gasteiger partial charge in [-0.25, -0.2) is 4.79 Å². The molecule has 0 aliphatic rings. The van der Waals surface area contributed by atoms with Crippen LogP contribution in [-0.4, -0.2) is 5.97 Å². The second-order valence-electron chi connectivity index (χ2n) is 7.58. The summed E-state index contributed by atoms with van der Waals surface area (Å²) >= 11 is 0. The number of hydrogen-bond donors (Lipinski definition) is 0. The first-order valence-corrected chi connectivity index (χ1v) is 10.1. The van der Waals surface area contributed by atoms with Gasteiger partial charge in [-0.3, -0.25) is 4.79 Å². The fraction of sp³-hybridized carbons (Fsp3) is 0.111. The SMILES string of the molecule is CC(C)c1ccc(C=CC(=O)Oc2ccc3c(=O)c(-c4ccccc4)coc3c2)cc1. The summed E-state index contributed by atoms with van der Waals surface area (Å²) in [5, 5.41) is 0.432. The lowest BCUT2D eigenvalue weighted by molar-refractivity contribution is -0.128. The van der Waals surface area contributed by atoms with Crippen LogP contribution in [0.5, 0.6) is 5.75 Å². The maximum atomic E-state index is 12.8. The maximum absolute atomic E-state index is 12.8. The number of carbonyl (C=O) groups excluding carboxylic acids is 1. The molecule has 0 atom stereocenters. The van der Waals surface area contributed by atoms with E-state index in [0.29, 0.717) is 28.2 Å². The molecule has 0 radical (unpaired) electrons. The van der Waals surface area contributed by atoms with Crippen LogP contribution in [0, 0.1) is 0 Å². The Morgan fingerprint density at radius 3 is 2.42 bits per heavy atom. The van der Waals surface area contributed by atoms with Gasteiger partial charge in [0, 0.05) is 12.1 Å². The zero-order valence-corrected chi connectivity index (χ0v) is 17.4. The van der Waals surface area contributed by atoms with E-state index in [4.69, 9.17) is 9.15 Å². The first kappa shape index (κ1) is 20.4. The molecule has 0 unspecified atom stereocenters. The van der Waals surface area contributed by atoms with Crippen molar-refractivity contribution >= 4 is 23.0 Å². The van der Waals surface area contributed by atoms with Crippen LogP contribution in [0.3, 0.4) is 0 Å². The fourth-order valence-corrected chi connectivity index (χ4v) is 3.30. The normalized spacial score (nSPS) is 11.3. The first-order valence-electron chi connectivity index (χ1n) is 10.1. The molecule has 4 heteroatoms. The van der Waals surface area contributed by atoms with E-state index in [0.717, 1.165) is 11.1 Å². The van der Waals surface area contributed by atoms with Crippen molar-refractivity contribution in [2.24, 2.45) is 0 Å². The predicted molar refractivity (Wildman–Crippen MR) is 123 cm³/mol. The fourth-order valence-electron chi connectivity index (χ4n) is 3.30. The third-order valence-electron chi connectivity index (χ3n) is 5.06. The quantitative estimate of drug-likeness (QED) is 0.223. The number of benzene rings is 3. The van der Waals surface area contributed by atoms with Crippen molar-refractivity contribution in [1.29, 1.82) is 0 Å². The van der Waals surface area contributed by atoms with E-state index in [9.17, 15) is 9.59 Å². The van der Waals surface area contributed by atoms with Crippen molar-refractivity contribution in [3.63, 3.8) is 0 Å². The van der Waals surface area contributed by atoms with Crippen LogP contribution >= 0.6 is 0 Å². The molecule has 1 heterocycles. The molecule has 0 amide bonds. The van der Waals surface area contributed by atoms with E-state index >= 15 is 0 Å². The number of carbonyl (C=O) groups is 1. The molecule has 4 aromatic rings. The third kappa shape index (κ3) is 4.64. The summed E-state index contributed by atoms with van der Waals surface area (Å²) in [6.07, 6.45) is 4.52. The molecule has 1 aromatic heterocycles. The van der Waals surface area contributed by atoms with Crippen LogP contribution in [0.25, 0.3) is 28.2 Å². The number of esters is 1. The highest BCUT2D eigenvalue weighted by Crippen LogP contribution is 2.23. The van der Waals surface area contributed by atoms with Gasteiger partial charge >= 0.3 is 5.97 Å². The number of rotatable bonds is 5. The van der Waals surface area contributed by atoms with Crippen LogP contribution < -0.4 is 10.2 Å². The number of ether oxygens (including phenoxy) is 1. The molecule has 0 bridgehead atoms. The van der Waals surface area contributed by atoms with E-state index in [1.807, 2.05) is 54.6 Å². The Hall–Kier alpha value is -3.92. The molecule has 154 valence electrons. The van der Waals surface area contributed by atoms with Crippen LogP contribution in [0.2, 0.25) is 0 Å². The van der Waals surface area contributed by atoms with Gasteiger partial charge in [-0.15, -0.1) is 0 Å². The summed E-state index contributed by atoms with van der Waals surface area (Å²) in [6.45, 7) is 4.27. The summed E-state index contributed by atoms with van der Waals surface area (Å²) in [4.78, 5) is 25.0. The molecule has 0 saturated heterocycles. The Morgan fingerprint density at radius 1 is 0.968 bits per heavy atom. The smallest absolute Gasteiger partial charge is 0.336 e. The summed E-state index contributed by atoms with van der Waals surface area (Å²) in [5.74, 6) is 0.267. The van der Waals surface area contributed by atoms with Gasteiger partial charge in [-0.2, -0.15) is 0 Å². The van der Waals surface area contributed by atoms with E-state index < -0.39 is 5.97 Å². The third-order valence-corrected chi connectivity index (χ3v) is 5.06. The highest BCUT2D eigenvalue weighted by Gasteiger charge is 2.11. The van der Waals surface area contributed by atoms with Crippen molar-refractivity contribution < 1.29 is 13.9 Å². The predicted octanol–water partition coefficient (Wildman–Crippen LogP) is 6.20. The lowest BCUT2D eigenvalue weighted by Gasteiger charge is -2.06. The van der Waals surface area contributed by atoms with E-state index in [-0.39, 0.29) is 5.43 Å². The lowest BCUT2D eigenvalue weighted by atomic mass is 10.0. The van der Waals surface area contributed by atoms with Crippen LogP contribution in [0.15, 0.2) is 94.3 Å². The highest BCUT2D eigenvalue weighted by molar-refractivity contribution is 5.89. The van der Waals surface area contributed by atoms with Crippen molar-refractivity contribution in [1.82, 2.24) is 0 Å². The summed E-state index contributed by atoms with van der Waals surface area (Å²) in [5.41, 5.74) is 3.68. The lowest BCUT2D eigenvalue weighted by Crippen LogP contribution is -2.06. The Morgan fingerprint density at radius 2 is 1.71 bits per heavy atom. The number of fused-ring (bicyclic) bond motifs is 1. The second kappa shape index (κ2) is 8.84. The number of hydrogen-bond acceptors (Lipinski definition) is 4. The standard InChI is InChI=1S/C27H22O4/c1-18(2)20-11-8-19(9-12-20)10-15-26(28)31-22-13-14-23-25(16-22)30-17-24(27(23)29)21-6-4-3-5-7-21/h3-18H,1-2H3. The molecule has 0 N–H and O–H groups in total. The van der Waals surface area contributed by atoms with Crippen LogP contribution in [0.1, 0.15) is 30.9 Å².